The molecule has 2 aromatic heterocycles. The van der Waals surface area contributed by atoms with Crippen LogP contribution < -0.4 is 10.6 Å². The largest absolute Gasteiger partial charge is 0.347 e. The summed E-state index contributed by atoms with van der Waals surface area (Å²) in [5.41, 5.74) is 3.78. The number of fused-ring (bicyclic) bond motifs is 1. The maximum Gasteiger partial charge on any atom is 0.270 e. The molecule has 1 aliphatic carbocycles. The van der Waals surface area contributed by atoms with Gasteiger partial charge in [-0.3, -0.25) is 14.3 Å². The monoisotopic (exact) mass is 401 g/mol. The van der Waals surface area contributed by atoms with Gasteiger partial charge in [0.2, 0.25) is 0 Å². The number of nitrogens with zero attached hydrogens (tertiary/aromatic N) is 5. The molecule has 0 bridgehead atoms. The fourth-order valence-corrected chi connectivity index (χ4v) is 3.51. The standard InChI is InChI=1S/C21H19N7O2/c1-28-11-14(10-26-28)9-23-20(29)18-7-19(25-12-24-18)21(30)27-17-5-3-15-6-13(8-22)2-4-16(15)17/h2,4,6-7,10-12,17H,3,5,9H2,1H3,(H,23,29)(H,27,30)/t17-/m1/s1. The van der Waals surface area contributed by atoms with Crippen molar-refractivity contribution in [1.82, 2.24) is 30.4 Å². The second-order valence-corrected chi connectivity index (χ2v) is 7.08. The topological polar surface area (TPSA) is 126 Å². The van der Waals surface area contributed by atoms with Crippen LogP contribution in [0.4, 0.5) is 0 Å². The predicted octanol–water partition coefficient (Wildman–Crippen LogP) is 1.43. The van der Waals surface area contributed by atoms with Crippen LogP contribution in [0.1, 0.15) is 55.7 Å². The molecule has 9 heteroatoms. The van der Waals surface area contributed by atoms with E-state index >= 15 is 0 Å². The van der Waals surface area contributed by atoms with Crippen molar-refractivity contribution in [3.63, 3.8) is 0 Å². The van der Waals surface area contributed by atoms with Crippen molar-refractivity contribution in [3.8, 4) is 6.07 Å². The minimum absolute atomic E-state index is 0.115. The lowest BCUT2D eigenvalue weighted by Gasteiger charge is -2.14. The number of benzene rings is 1. The molecule has 3 aromatic rings. The lowest BCUT2D eigenvalue weighted by molar-refractivity contribution is 0.0931. The Bertz CT molecular complexity index is 1160. The maximum atomic E-state index is 12.7. The first-order chi connectivity index (χ1) is 14.5. The summed E-state index contributed by atoms with van der Waals surface area (Å²) in [4.78, 5) is 33.1. The number of nitrogens with one attached hydrogen (secondary N) is 2. The number of carbonyl (C=O) groups excluding carboxylic acids is 2. The van der Waals surface area contributed by atoms with Crippen LogP contribution in [0, 0.1) is 11.3 Å². The Morgan fingerprint density at radius 2 is 2.03 bits per heavy atom. The van der Waals surface area contributed by atoms with Crippen molar-refractivity contribution in [2.24, 2.45) is 7.05 Å². The lowest BCUT2D eigenvalue weighted by atomic mass is 10.1. The Hall–Kier alpha value is -4.06. The van der Waals surface area contributed by atoms with Gasteiger partial charge >= 0.3 is 0 Å². The average Bonchev–Trinajstić information content (AvgIpc) is 3.37. The molecule has 30 heavy (non-hydrogen) atoms. The van der Waals surface area contributed by atoms with E-state index in [0.29, 0.717) is 12.1 Å². The number of hydrogen-bond acceptors (Lipinski definition) is 6. The highest BCUT2D eigenvalue weighted by Gasteiger charge is 2.25. The van der Waals surface area contributed by atoms with E-state index in [-0.39, 0.29) is 23.3 Å². The van der Waals surface area contributed by atoms with Crippen LogP contribution in [-0.2, 0) is 20.0 Å². The van der Waals surface area contributed by atoms with Crippen LogP contribution in [-0.4, -0.2) is 31.6 Å². The van der Waals surface area contributed by atoms with E-state index in [9.17, 15) is 9.59 Å². The first kappa shape index (κ1) is 19.3. The summed E-state index contributed by atoms with van der Waals surface area (Å²) in [6, 6.07) is 8.84. The molecule has 0 radical (unpaired) electrons. The van der Waals surface area contributed by atoms with E-state index in [2.05, 4.69) is 31.8 Å². The molecule has 150 valence electrons. The molecule has 1 atom stereocenters. The number of hydrogen-bond donors (Lipinski definition) is 2. The number of aryl methyl sites for hydroxylation is 2. The van der Waals surface area contributed by atoms with E-state index in [1.54, 1.807) is 30.2 Å². The molecule has 0 aliphatic heterocycles. The molecule has 1 aromatic carbocycles. The first-order valence-electron chi connectivity index (χ1n) is 9.45. The van der Waals surface area contributed by atoms with E-state index in [1.165, 1.54) is 12.4 Å². The van der Waals surface area contributed by atoms with Gasteiger partial charge in [0.1, 0.15) is 17.7 Å². The predicted molar refractivity (Wildman–Crippen MR) is 106 cm³/mol. The number of amides is 2. The van der Waals surface area contributed by atoms with Gasteiger partial charge in [-0.15, -0.1) is 0 Å². The molecule has 1 aliphatic rings. The lowest BCUT2D eigenvalue weighted by Crippen LogP contribution is -2.29. The molecule has 0 saturated carbocycles. The summed E-state index contributed by atoms with van der Waals surface area (Å²) in [6.45, 7) is 0.307. The van der Waals surface area contributed by atoms with Crippen LogP contribution in [0.25, 0.3) is 0 Å². The van der Waals surface area contributed by atoms with Crippen LogP contribution in [0.15, 0.2) is 43.0 Å². The zero-order valence-corrected chi connectivity index (χ0v) is 16.3. The van der Waals surface area contributed by atoms with Gasteiger partial charge in [0.15, 0.2) is 0 Å². The van der Waals surface area contributed by atoms with Gasteiger partial charge in [-0.05, 0) is 36.1 Å². The highest BCUT2D eigenvalue weighted by molar-refractivity contribution is 5.97. The van der Waals surface area contributed by atoms with Gasteiger partial charge in [-0.2, -0.15) is 10.4 Å². The van der Waals surface area contributed by atoms with Crippen LogP contribution >= 0.6 is 0 Å². The summed E-state index contributed by atoms with van der Waals surface area (Å²) < 4.78 is 1.65. The van der Waals surface area contributed by atoms with Crippen molar-refractivity contribution in [3.05, 3.63) is 76.6 Å². The Kier molecular flexibility index (Phi) is 5.22. The first-order valence-corrected chi connectivity index (χ1v) is 9.45. The smallest absolute Gasteiger partial charge is 0.270 e. The third-order valence-electron chi connectivity index (χ3n) is 5.00. The molecule has 0 fully saturated rings. The van der Waals surface area contributed by atoms with E-state index < -0.39 is 5.91 Å². The minimum Gasteiger partial charge on any atom is -0.347 e. The molecule has 0 spiro atoms. The Morgan fingerprint density at radius 1 is 1.23 bits per heavy atom. The molecule has 4 rings (SSSR count). The van der Waals surface area contributed by atoms with Crippen LogP contribution in [0.5, 0.6) is 0 Å². The molecule has 0 saturated heterocycles. The minimum atomic E-state index is -0.398. The number of carbonyl (C=O) groups is 2. The summed E-state index contributed by atoms with van der Waals surface area (Å²) in [6.07, 6.45) is 6.22. The summed E-state index contributed by atoms with van der Waals surface area (Å²) in [7, 11) is 1.80. The maximum absolute atomic E-state index is 12.7. The number of aromatic nitrogens is 4. The third kappa shape index (κ3) is 4.03. The van der Waals surface area contributed by atoms with Gasteiger partial charge in [-0.1, -0.05) is 6.07 Å². The second-order valence-electron chi connectivity index (χ2n) is 7.08. The quantitative estimate of drug-likeness (QED) is 0.666. The van der Waals surface area contributed by atoms with Gasteiger partial charge in [0, 0.05) is 31.4 Å². The van der Waals surface area contributed by atoms with Gasteiger partial charge in [0.05, 0.1) is 23.9 Å². The normalized spacial score (nSPS) is 14.6. The van der Waals surface area contributed by atoms with Gasteiger partial charge < -0.3 is 10.6 Å². The summed E-state index contributed by atoms with van der Waals surface area (Å²) in [5.74, 6) is -0.772. The van der Waals surface area contributed by atoms with Crippen LogP contribution in [0.3, 0.4) is 0 Å². The van der Waals surface area contributed by atoms with Crippen molar-refractivity contribution in [2.45, 2.75) is 25.4 Å². The zero-order valence-electron chi connectivity index (χ0n) is 16.3. The fourth-order valence-electron chi connectivity index (χ4n) is 3.51. The van der Waals surface area contributed by atoms with Gasteiger partial charge in [-0.25, -0.2) is 9.97 Å². The van der Waals surface area contributed by atoms with Crippen molar-refractivity contribution < 1.29 is 9.59 Å². The number of nitriles is 1. The Balaban J connectivity index is 1.42. The van der Waals surface area contributed by atoms with E-state index in [4.69, 9.17) is 5.26 Å². The third-order valence-corrected chi connectivity index (χ3v) is 5.00. The molecule has 2 N–H and O–H groups in total. The van der Waals surface area contributed by atoms with Crippen molar-refractivity contribution in [1.29, 1.82) is 5.26 Å². The molecular weight excluding hydrogens is 382 g/mol. The molecule has 0 unspecified atom stereocenters. The Labute approximate surface area is 172 Å². The van der Waals surface area contributed by atoms with E-state index in [1.807, 2.05) is 12.1 Å². The van der Waals surface area contributed by atoms with Crippen molar-refractivity contribution >= 4 is 11.8 Å². The molecule has 2 heterocycles. The second kappa shape index (κ2) is 8.13. The SMILES string of the molecule is Cn1cc(CNC(=O)c2cc(C(=O)N[C@@H]3CCc4cc(C#N)ccc43)ncn2)cn1. The number of rotatable bonds is 5. The van der Waals surface area contributed by atoms with Gasteiger partial charge in [0.25, 0.3) is 11.8 Å². The molecule has 2 amide bonds. The van der Waals surface area contributed by atoms with E-state index in [0.717, 1.165) is 29.5 Å². The molecular formula is C21H19N7O2. The van der Waals surface area contributed by atoms with Crippen molar-refractivity contribution in [2.75, 3.05) is 0 Å². The highest BCUT2D eigenvalue weighted by atomic mass is 16.2. The zero-order chi connectivity index (χ0) is 21.1. The summed E-state index contributed by atoms with van der Waals surface area (Å²) >= 11 is 0. The van der Waals surface area contributed by atoms with Crippen LogP contribution in [0.2, 0.25) is 0 Å². The highest BCUT2D eigenvalue weighted by Crippen LogP contribution is 2.31. The Morgan fingerprint density at radius 3 is 2.77 bits per heavy atom. The average molecular weight is 401 g/mol. The fraction of sp³-hybridized carbons (Fsp3) is 0.238. The summed E-state index contributed by atoms with van der Waals surface area (Å²) in [5, 5.41) is 18.8. The molecule has 9 nitrogen and oxygen atoms in total.